The normalized spacial score (nSPS) is 16.6. The first-order valence-electron chi connectivity index (χ1n) is 12.0. The Kier molecular flexibility index (Phi) is 7.16. The summed E-state index contributed by atoms with van der Waals surface area (Å²) < 4.78 is 15.8. The molecular formula is C27H27ClFN5O2. The third-order valence-corrected chi connectivity index (χ3v) is 6.98. The van der Waals surface area contributed by atoms with E-state index in [-0.39, 0.29) is 34.6 Å². The van der Waals surface area contributed by atoms with Gasteiger partial charge in [0.2, 0.25) is 0 Å². The average molecular weight is 508 g/mol. The van der Waals surface area contributed by atoms with Crippen LogP contribution in [0.4, 0.5) is 4.39 Å². The van der Waals surface area contributed by atoms with Crippen LogP contribution in [0, 0.1) is 5.82 Å². The number of benzene rings is 2. The Labute approximate surface area is 214 Å². The summed E-state index contributed by atoms with van der Waals surface area (Å²) in [6.07, 6.45) is 4.25. The van der Waals surface area contributed by atoms with Crippen molar-refractivity contribution in [1.29, 1.82) is 0 Å². The molecule has 0 aliphatic carbocycles. The molecule has 0 radical (unpaired) electrons. The highest BCUT2D eigenvalue weighted by atomic mass is 35.5. The number of hydrogen-bond donors (Lipinski definition) is 0. The first-order chi connectivity index (χ1) is 17.5. The first-order valence-corrected chi connectivity index (χ1v) is 12.4. The van der Waals surface area contributed by atoms with E-state index in [9.17, 15) is 14.0 Å². The van der Waals surface area contributed by atoms with Crippen molar-refractivity contribution in [3.63, 3.8) is 0 Å². The number of fused-ring (bicyclic) bond motifs is 1. The van der Waals surface area contributed by atoms with E-state index in [2.05, 4.69) is 34.3 Å². The predicted octanol–water partition coefficient (Wildman–Crippen LogP) is 3.80. The topological polar surface area (TPSA) is 61.7 Å². The Morgan fingerprint density at radius 1 is 1.00 bits per heavy atom. The number of rotatable bonds is 6. The highest BCUT2D eigenvalue weighted by Crippen LogP contribution is 2.24. The lowest BCUT2D eigenvalue weighted by Crippen LogP contribution is -2.48. The zero-order valence-electron chi connectivity index (χ0n) is 19.8. The quantitative estimate of drug-likeness (QED) is 0.509. The van der Waals surface area contributed by atoms with E-state index in [0.717, 1.165) is 19.6 Å². The van der Waals surface area contributed by atoms with E-state index in [1.807, 2.05) is 18.2 Å². The molecule has 0 unspecified atom stereocenters. The van der Waals surface area contributed by atoms with Gasteiger partial charge in [0.1, 0.15) is 11.5 Å². The Morgan fingerprint density at radius 2 is 1.78 bits per heavy atom. The van der Waals surface area contributed by atoms with Crippen molar-refractivity contribution in [1.82, 2.24) is 24.5 Å². The number of aromatic nitrogens is 2. The van der Waals surface area contributed by atoms with Gasteiger partial charge in [-0.05, 0) is 17.7 Å². The van der Waals surface area contributed by atoms with Crippen LogP contribution >= 0.6 is 11.6 Å². The van der Waals surface area contributed by atoms with Crippen molar-refractivity contribution in [2.24, 2.45) is 0 Å². The summed E-state index contributed by atoms with van der Waals surface area (Å²) in [5, 5.41) is 4.69. The molecule has 0 atom stereocenters. The molecule has 5 rings (SSSR count). The number of carbonyl (C=O) groups excluding carboxylic acids is 2. The van der Waals surface area contributed by atoms with E-state index in [4.69, 9.17) is 11.6 Å². The van der Waals surface area contributed by atoms with Gasteiger partial charge in [0, 0.05) is 55.9 Å². The maximum Gasteiger partial charge on any atom is 0.274 e. The number of piperazine rings is 1. The summed E-state index contributed by atoms with van der Waals surface area (Å²) in [5.41, 5.74) is 2.05. The van der Waals surface area contributed by atoms with Gasteiger partial charge in [0.25, 0.3) is 11.8 Å². The third kappa shape index (κ3) is 5.20. The summed E-state index contributed by atoms with van der Waals surface area (Å²) in [4.78, 5) is 31.8. The lowest BCUT2D eigenvalue weighted by Gasteiger charge is -2.33. The molecule has 9 heteroatoms. The number of carbonyl (C=O) groups is 2. The van der Waals surface area contributed by atoms with Crippen molar-refractivity contribution in [3.8, 4) is 0 Å². The van der Waals surface area contributed by atoms with Gasteiger partial charge in [-0.25, -0.2) is 4.39 Å². The van der Waals surface area contributed by atoms with Crippen LogP contribution in [0.25, 0.3) is 6.08 Å². The zero-order valence-corrected chi connectivity index (χ0v) is 20.6. The zero-order chi connectivity index (χ0) is 25.1. The molecule has 0 saturated carbocycles. The van der Waals surface area contributed by atoms with Gasteiger partial charge in [0.15, 0.2) is 5.69 Å². The standard InChI is InChI=1S/C27H27ClFN5O2/c28-22-9-4-10-23(29)21(22)19-33-16-17-34-25(27(33)36)18-24(30-34)26(35)32-14-12-31(13-15-32)11-5-8-20-6-2-1-3-7-20/h1-10,18H,11-17,19H2/b8-5+. The third-order valence-electron chi connectivity index (χ3n) is 6.63. The van der Waals surface area contributed by atoms with Gasteiger partial charge >= 0.3 is 0 Å². The second-order valence-electron chi connectivity index (χ2n) is 8.97. The molecule has 1 saturated heterocycles. The van der Waals surface area contributed by atoms with Crippen LogP contribution in [0.3, 0.4) is 0 Å². The molecule has 1 fully saturated rings. The molecular weight excluding hydrogens is 481 g/mol. The van der Waals surface area contributed by atoms with Gasteiger partial charge in [0.05, 0.1) is 13.1 Å². The summed E-state index contributed by atoms with van der Waals surface area (Å²) in [6, 6.07) is 16.2. The molecule has 2 amide bonds. The number of nitrogens with zero attached hydrogens (tertiary/aromatic N) is 5. The minimum Gasteiger partial charge on any atom is -0.335 e. The largest absolute Gasteiger partial charge is 0.335 e. The fourth-order valence-electron chi connectivity index (χ4n) is 4.57. The SMILES string of the molecule is O=C(c1cc2n(n1)CCN(Cc1c(F)cccc1Cl)C2=O)N1CCN(C/C=C/c2ccccc2)CC1. The van der Waals surface area contributed by atoms with E-state index in [1.165, 1.54) is 22.6 Å². The number of halogens is 2. The molecule has 2 aliphatic heterocycles. The van der Waals surface area contributed by atoms with Crippen molar-refractivity contribution >= 4 is 29.5 Å². The lowest BCUT2D eigenvalue weighted by atomic mass is 10.1. The molecule has 0 spiro atoms. The maximum atomic E-state index is 14.2. The summed E-state index contributed by atoms with van der Waals surface area (Å²) in [5.74, 6) is -0.907. The molecule has 0 bridgehead atoms. The van der Waals surface area contributed by atoms with Gasteiger partial charge < -0.3 is 9.80 Å². The fourth-order valence-corrected chi connectivity index (χ4v) is 4.79. The van der Waals surface area contributed by atoms with Gasteiger partial charge in [-0.2, -0.15) is 5.10 Å². The number of amides is 2. The molecule has 36 heavy (non-hydrogen) atoms. The smallest absolute Gasteiger partial charge is 0.274 e. The summed E-state index contributed by atoms with van der Waals surface area (Å²) >= 11 is 6.14. The highest BCUT2D eigenvalue weighted by molar-refractivity contribution is 6.31. The van der Waals surface area contributed by atoms with Crippen LogP contribution in [0.1, 0.15) is 32.1 Å². The van der Waals surface area contributed by atoms with Crippen LogP contribution in [-0.4, -0.2) is 75.6 Å². The number of hydrogen-bond acceptors (Lipinski definition) is 4. The molecule has 3 aromatic rings. The molecule has 3 heterocycles. The monoisotopic (exact) mass is 507 g/mol. The molecule has 7 nitrogen and oxygen atoms in total. The van der Waals surface area contributed by atoms with Crippen LogP contribution < -0.4 is 0 Å². The molecule has 186 valence electrons. The Morgan fingerprint density at radius 3 is 2.53 bits per heavy atom. The Balaban J connectivity index is 1.18. The second kappa shape index (κ2) is 10.6. The second-order valence-corrected chi connectivity index (χ2v) is 9.38. The molecule has 2 aromatic carbocycles. The molecule has 0 N–H and O–H groups in total. The summed E-state index contributed by atoms with van der Waals surface area (Å²) in [6.45, 7) is 4.44. The van der Waals surface area contributed by atoms with E-state index >= 15 is 0 Å². The van der Waals surface area contributed by atoms with Crippen LogP contribution in [0.15, 0.2) is 60.7 Å². The average Bonchev–Trinajstić information content (AvgIpc) is 3.34. The maximum absolute atomic E-state index is 14.2. The van der Waals surface area contributed by atoms with Crippen LogP contribution in [0.2, 0.25) is 5.02 Å². The van der Waals surface area contributed by atoms with Gasteiger partial charge in [-0.1, -0.05) is 60.2 Å². The highest BCUT2D eigenvalue weighted by Gasteiger charge is 2.31. The van der Waals surface area contributed by atoms with Crippen LogP contribution in [0.5, 0.6) is 0 Å². The van der Waals surface area contributed by atoms with Gasteiger partial charge in [-0.15, -0.1) is 0 Å². The van der Waals surface area contributed by atoms with Crippen molar-refractivity contribution in [2.45, 2.75) is 13.1 Å². The van der Waals surface area contributed by atoms with Gasteiger partial charge in [-0.3, -0.25) is 19.2 Å². The predicted molar refractivity (Wildman–Crippen MR) is 136 cm³/mol. The van der Waals surface area contributed by atoms with Crippen molar-refractivity contribution < 1.29 is 14.0 Å². The van der Waals surface area contributed by atoms with E-state index < -0.39 is 5.82 Å². The molecule has 1 aromatic heterocycles. The van der Waals surface area contributed by atoms with Crippen LogP contribution in [-0.2, 0) is 13.1 Å². The molecule has 2 aliphatic rings. The van der Waals surface area contributed by atoms with Crippen molar-refractivity contribution in [3.05, 3.63) is 94.0 Å². The van der Waals surface area contributed by atoms with E-state index in [0.29, 0.717) is 31.9 Å². The van der Waals surface area contributed by atoms with Crippen molar-refractivity contribution in [2.75, 3.05) is 39.3 Å². The van der Waals surface area contributed by atoms with E-state index in [1.54, 1.807) is 21.7 Å². The lowest BCUT2D eigenvalue weighted by molar-refractivity contribution is 0.0639. The minimum absolute atomic E-state index is 0.0689. The Hall–Kier alpha value is -3.49. The first kappa shape index (κ1) is 24.2. The minimum atomic E-state index is -0.444. The Bertz CT molecular complexity index is 1260. The summed E-state index contributed by atoms with van der Waals surface area (Å²) in [7, 11) is 0. The fraction of sp³-hybridized carbons (Fsp3) is 0.296.